The first kappa shape index (κ1) is 13.2. The molecule has 0 spiro atoms. The molecule has 1 amide bonds. The monoisotopic (exact) mass is 235 g/mol. The minimum absolute atomic E-state index is 0.0437. The predicted molar refractivity (Wildman–Crippen MR) is 64.2 cm³/mol. The van der Waals surface area contributed by atoms with E-state index in [0.29, 0.717) is 19.4 Å². The Kier molecular flexibility index (Phi) is 5.79. The summed E-state index contributed by atoms with van der Waals surface area (Å²) in [7, 11) is 1.35. The summed E-state index contributed by atoms with van der Waals surface area (Å²) >= 11 is 0. The maximum Gasteiger partial charge on any atom is 0.305 e. The quantitative estimate of drug-likeness (QED) is 0.763. The van der Waals surface area contributed by atoms with Crippen molar-refractivity contribution in [2.75, 3.05) is 7.11 Å². The van der Waals surface area contributed by atoms with Crippen LogP contribution < -0.4 is 5.32 Å². The molecule has 0 unspecified atom stereocenters. The maximum atomic E-state index is 11.4. The van der Waals surface area contributed by atoms with Gasteiger partial charge in [0.05, 0.1) is 7.11 Å². The zero-order valence-corrected chi connectivity index (χ0v) is 9.94. The van der Waals surface area contributed by atoms with Crippen LogP contribution in [0.3, 0.4) is 0 Å². The van der Waals surface area contributed by atoms with E-state index in [1.807, 2.05) is 30.3 Å². The van der Waals surface area contributed by atoms with Gasteiger partial charge in [0.2, 0.25) is 5.91 Å². The molecule has 92 valence electrons. The van der Waals surface area contributed by atoms with Crippen molar-refractivity contribution < 1.29 is 14.3 Å². The normalized spacial score (nSPS) is 9.71. The van der Waals surface area contributed by atoms with E-state index < -0.39 is 0 Å². The van der Waals surface area contributed by atoms with Crippen LogP contribution in [0.15, 0.2) is 30.3 Å². The third-order valence-corrected chi connectivity index (χ3v) is 2.34. The largest absolute Gasteiger partial charge is 0.469 e. The number of benzene rings is 1. The lowest BCUT2D eigenvalue weighted by atomic mass is 10.2. The number of methoxy groups -OCH3 is 1. The summed E-state index contributed by atoms with van der Waals surface area (Å²) in [4.78, 5) is 22.2. The lowest BCUT2D eigenvalue weighted by Crippen LogP contribution is -2.22. The Labute approximate surface area is 101 Å². The average Bonchev–Trinajstić information content (AvgIpc) is 2.37. The Hall–Kier alpha value is -1.84. The van der Waals surface area contributed by atoms with Crippen LogP contribution in [-0.4, -0.2) is 19.0 Å². The van der Waals surface area contributed by atoms with Crippen LogP contribution in [-0.2, 0) is 20.9 Å². The van der Waals surface area contributed by atoms with Gasteiger partial charge in [-0.1, -0.05) is 30.3 Å². The highest BCUT2D eigenvalue weighted by Crippen LogP contribution is 2.00. The molecule has 0 heterocycles. The second kappa shape index (κ2) is 7.44. The topological polar surface area (TPSA) is 55.4 Å². The van der Waals surface area contributed by atoms with Crippen molar-refractivity contribution in [1.29, 1.82) is 0 Å². The van der Waals surface area contributed by atoms with E-state index in [1.165, 1.54) is 7.11 Å². The van der Waals surface area contributed by atoms with Gasteiger partial charge in [0.15, 0.2) is 0 Å². The molecule has 1 aromatic carbocycles. The van der Waals surface area contributed by atoms with Gasteiger partial charge in [-0.05, 0) is 12.0 Å². The highest BCUT2D eigenvalue weighted by atomic mass is 16.5. The van der Waals surface area contributed by atoms with Crippen molar-refractivity contribution in [3.05, 3.63) is 35.9 Å². The number of hydrogen-bond acceptors (Lipinski definition) is 3. The summed E-state index contributed by atoms with van der Waals surface area (Å²) in [6.07, 6.45) is 1.16. The van der Waals surface area contributed by atoms with Crippen LogP contribution >= 0.6 is 0 Å². The molecule has 0 saturated heterocycles. The molecule has 1 rings (SSSR count). The molecule has 0 aromatic heterocycles. The van der Waals surface area contributed by atoms with Gasteiger partial charge >= 0.3 is 5.97 Å². The number of hydrogen-bond donors (Lipinski definition) is 1. The third-order valence-electron chi connectivity index (χ3n) is 2.34. The van der Waals surface area contributed by atoms with Crippen LogP contribution in [0.25, 0.3) is 0 Å². The molecule has 17 heavy (non-hydrogen) atoms. The summed E-state index contributed by atoms with van der Waals surface area (Å²) < 4.78 is 4.49. The zero-order chi connectivity index (χ0) is 12.5. The minimum Gasteiger partial charge on any atom is -0.469 e. The van der Waals surface area contributed by atoms with Crippen molar-refractivity contribution in [3.63, 3.8) is 0 Å². The molecule has 0 aliphatic rings. The second-order valence-corrected chi connectivity index (χ2v) is 3.69. The number of ether oxygens (including phenoxy) is 1. The van der Waals surface area contributed by atoms with E-state index in [-0.39, 0.29) is 18.3 Å². The standard InChI is InChI=1S/C13H17NO3/c1-17-13(16)9-5-8-12(15)14-10-11-6-3-2-4-7-11/h2-4,6-7H,5,8-10H2,1H3,(H,14,15). The molecule has 4 nitrogen and oxygen atoms in total. The molecular formula is C13H17NO3. The van der Waals surface area contributed by atoms with Gasteiger partial charge < -0.3 is 10.1 Å². The molecule has 1 aromatic rings. The van der Waals surface area contributed by atoms with Gasteiger partial charge in [0.25, 0.3) is 0 Å². The molecular weight excluding hydrogens is 218 g/mol. The summed E-state index contributed by atoms with van der Waals surface area (Å²) in [6, 6.07) is 9.70. The van der Waals surface area contributed by atoms with E-state index in [1.54, 1.807) is 0 Å². The molecule has 0 aliphatic heterocycles. The molecule has 0 bridgehead atoms. The molecule has 0 aliphatic carbocycles. The van der Waals surface area contributed by atoms with E-state index in [0.717, 1.165) is 5.56 Å². The third kappa shape index (κ3) is 5.70. The predicted octanol–water partition coefficient (Wildman–Crippen LogP) is 1.65. The van der Waals surface area contributed by atoms with Crippen LogP contribution in [0.5, 0.6) is 0 Å². The number of esters is 1. The van der Waals surface area contributed by atoms with Gasteiger partial charge in [-0.2, -0.15) is 0 Å². The van der Waals surface area contributed by atoms with Crippen molar-refractivity contribution in [2.24, 2.45) is 0 Å². The number of nitrogens with one attached hydrogen (secondary N) is 1. The van der Waals surface area contributed by atoms with Gasteiger partial charge in [-0.15, -0.1) is 0 Å². The minimum atomic E-state index is -0.277. The first-order valence-corrected chi connectivity index (χ1v) is 5.60. The van der Waals surface area contributed by atoms with Crippen molar-refractivity contribution in [1.82, 2.24) is 5.32 Å². The van der Waals surface area contributed by atoms with E-state index >= 15 is 0 Å². The SMILES string of the molecule is COC(=O)CCCC(=O)NCc1ccccc1. The zero-order valence-electron chi connectivity index (χ0n) is 9.94. The molecule has 0 saturated carbocycles. The van der Waals surface area contributed by atoms with Crippen LogP contribution in [0.4, 0.5) is 0 Å². The smallest absolute Gasteiger partial charge is 0.305 e. The van der Waals surface area contributed by atoms with Crippen molar-refractivity contribution in [3.8, 4) is 0 Å². The van der Waals surface area contributed by atoms with E-state index in [2.05, 4.69) is 10.1 Å². The Morgan fingerprint density at radius 1 is 1.18 bits per heavy atom. The van der Waals surface area contributed by atoms with Crippen LogP contribution in [0.2, 0.25) is 0 Å². The first-order chi connectivity index (χ1) is 8.22. The summed E-state index contributed by atoms with van der Waals surface area (Å²) in [5, 5.41) is 2.80. The lowest BCUT2D eigenvalue weighted by molar-refractivity contribution is -0.140. The fourth-order valence-electron chi connectivity index (χ4n) is 1.38. The average molecular weight is 235 g/mol. The fourth-order valence-corrected chi connectivity index (χ4v) is 1.38. The Bertz CT molecular complexity index is 362. The van der Waals surface area contributed by atoms with Gasteiger partial charge in [-0.3, -0.25) is 9.59 Å². The highest BCUT2D eigenvalue weighted by molar-refractivity contribution is 5.76. The highest BCUT2D eigenvalue weighted by Gasteiger charge is 2.04. The first-order valence-electron chi connectivity index (χ1n) is 5.60. The molecule has 0 radical (unpaired) electrons. The summed E-state index contributed by atoms with van der Waals surface area (Å²) in [5.74, 6) is -0.321. The Balaban J connectivity index is 2.16. The second-order valence-electron chi connectivity index (χ2n) is 3.69. The Morgan fingerprint density at radius 2 is 1.88 bits per heavy atom. The molecule has 4 heteroatoms. The summed E-state index contributed by atoms with van der Waals surface area (Å²) in [6.45, 7) is 0.526. The maximum absolute atomic E-state index is 11.4. The summed E-state index contributed by atoms with van der Waals surface area (Å²) in [5.41, 5.74) is 1.06. The number of rotatable bonds is 6. The molecule has 1 N–H and O–H groups in total. The van der Waals surface area contributed by atoms with Crippen molar-refractivity contribution in [2.45, 2.75) is 25.8 Å². The number of amides is 1. The van der Waals surface area contributed by atoms with E-state index in [4.69, 9.17) is 0 Å². The van der Waals surface area contributed by atoms with Gasteiger partial charge in [0.1, 0.15) is 0 Å². The number of carbonyl (C=O) groups is 2. The van der Waals surface area contributed by atoms with E-state index in [9.17, 15) is 9.59 Å². The molecule has 0 atom stereocenters. The fraction of sp³-hybridized carbons (Fsp3) is 0.385. The van der Waals surface area contributed by atoms with Gasteiger partial charge in [-0.25, -0.2) is 0 Å². The lowest BCUT2D eigenvalue weighted by Gasteiger charge is -2.04. The van der Waals surface area contributed by atoms with Gasteiger partial charge in [0, 0.05) is 19.4 Å². The molecule has 0 fully saturated rings. The van der Waals surface area contributed by atoms with Crippen molar-refractivity contribution >= 4 is 11.9 Å². The number of carbonyl (C=O) groups excluding carboxylic acids is 2. The Morgan fingerprint density at radius 3 is 2.53 bits per heavy atom. The van der Waals surface area contributed by atoms with Crippen LogP contribution in [0, 0.1) is 0 Å². The van der Waals surface area contributed by atoms with Crippen LogP contribution in [0.1, 0.15) is 24.8 Å².